The smallest absolute Gasteiger partial charge is 0.257 e. The number of thiol groups is 1. The lowest BCUT2D eigenvalue weighted by Gasteiger charge is -2.21. The molecule has 0 fully saturated rings. The van der Waals surface area contributed by atoms with Crippen molar-refractivity contribution in [3.05, 3.63) is 29.8 Å². The number of nitrogens with zero attached hydrogens (tertiary/aromatic N) is 1. The van der Waals surface area contributed by atoms with Crippen LogP contribution in [-0.4, -0.2) is 36.3 Å². The fourth-order valence-corrected chi connectivity index (χ4v) is 2.70. The maximum Gasteiger partial charge on any atom is 0.257 e. The molecule has 0 N–H and O–H groups in total. The lowest BCUT2D eigenvalue weighted by atomic mass is 10.0. The summed E-state index contributed by atoms with van der Waals surface area (Å²) in [6.45, 7) is 4.25. The second-order valence-electron chi connectivity index (χ2n) is 5.04. The Kier molecular flexibility index (Phi) is 5.14. The average Bonchev–Trinajstić information content (AvgIpc) is 2.57. The molecule has 1 heterocycles. The van der Waals surface area contributed by atoms with Crippen molar-refractivity contribution in [1.82, 2.24) is 4.90 Å². The van der Waals surface area contributed by atoms with E-state index in [4.69, 9.17) is 4.74 Å². The van der Waals surface area contributed by atoms with Crippen LogP contribution in [0.5, 0.6) is 5.75 Å². The summed E-state index contributed by atoms with van der Waals surface area (Å²) in [6, 6.07) is 7.48. The zero-order valence-electron chi connectivity index (χ0n) is 11.3. The number of para-hydroxylation sites is 1. The Labute approximate surface area is 120 Å². The summed E-state index contributed by atoms with van der Waals surface area (Å²) in [5.74, 6) is 2.30. The summed E-state index contributed by atoms with van der Waals surface area (Å²) in [4.78, 5) is 14.3. The largest absolute Gasteiger partial charge is 0.491 e. The molecule has 0 saturated heterocycles. The number of hydrogen-bond acceptors (Lipinski definition) is 3. The molecular formula is C15H21NO2S. The SMILES string of the molecule is CC(CCS)CCN1CCOc2ccccc2C1=O. The van der Waals surface area contributed by atoms with E-state index >= 15 is 0 Å². The minimum absolute atomic E-state index is 0.0890. The highest BCUT2D eigenvalue weighted by Crippen LogP contribution is 2.23. The summed E-state index contributed by atoms with van der Waals surface area (Å²) in [7, 11) is 0. The summed E-state index contributed by atoms with van der Waals surface area (Å²) < 4.78 is 5.63. The van der Waals surface area contributed by atoms with Gasteiger partial charge in [-0.25, -0.2) is 0 Å². The molecule has 0 bridgehead atoms. The maximum absolute atomic E-state index is 12.4. The van der Waals surface area contributed by atoms with Gasteiger partial charge in [0.1, 0.15) is 12.4 Å². The second-order valence-corrected chi connectivity index (χ2v) is 5.49. The molecule has 1 aliphatic rings. The van der Waals surface area contributed by atoms with Crippen LogP contribution in [0.15, 0.2) is 24.3 Å². The Morgan fingerprint density at radius 3 is 2.95 bits per heavy atom. The van der Waals surface area contributed by atoms with Crippen LogP contribution >= 0.6 is 12.6 Å². The van der Waals surface area contributed by atoms with Crippen molar-refractivity contribution in [3.8, 4) is 5.75 Å². The highest BCUT2D eigenvalue weighted by atomic mass is 32.1. The predicted octanol–water partition coefficient (Wildman–Crippen LogP) is 2.87. The first-order valence-electron chi connectivity index (χ1n) is 6.84. The van der Waals surface area contributed by atoms with Gasteiger partial charge in [0.15, 0.2) is 0 Å². The molecule has 4 heteroatoms. The van der Waals surface area contributed by atoms with E-state index in [-0.39, 0.29) is 5.91 Å². The number of hydrogen-bond donors (Lipinski definition) is 1. The first kappa shape index (κ1) is 14.3. The van der Waals surface area contributed by atoms with Gasteiger partial charge in [-0.05, 0) is 36.6 Å². The number of amides is 1. The molecule has 2 rings (SSSR count). The van der Waals surface area contributed by atoms with E-state index < -0.39 is 0 Å². The van der Waals surface area contributed by atoms with Gasteiger partial charge in [-0.3, -0.25) is 4.79 Å². The molecule has 1 unspecified atom stereocenters. The first-order valence-corrected chi connectivity index (χ1v) is 7.47. The fraction of sp³-hybridized carbons (Fsp3) is 0.533. The van der Waals surface area contributed by atoms with Crippen LogP contribution in [0.1, 0.15) is 30.1 Å². The van der Waals surface area contributed by atoms with Gasteiger partial charge in [0.05, 0.1) is 12.1 Å². The third kappa shape index (κ3) is 3.66. The number of ether oxygens (including phenoxy) is 1. The minimum atomic E-state index is 0.0890. The zero-order chi connectivity index (χ0) is 13.7. The van der Waals surface area contributed by atoms with Crippen LogP contribution in [-0.2, 0) is 0 Å². The zero-order valence-corrected chi connectivity index (χ0v) is 12.2. The third-order valence-electron chi connectivity index (χ3n) is 3.54. The monoisotopic (exact) mass is 279 g/mol. The Bertz CT molecular complexity index is 436. The topological polar surface area (TPSA) is 29.5 Å². The van der Waals surface area contributed by atoms with Crippen molar-refractivity contribution < 1.29 is 9.53 Å². The van der Waals surface area contributed by atoms with Gasteiger partial charge in [0.25, 0.3) is 5.91 Å². The highest BCUT2D eigenvalue weighted by Gasteiger charge is 2.22. The summed E-state index contributed by atoms with van der Waals surface area (Å²) in [5, 5.41) is 0. The number of benzene rings is 1. The number of carbonyl (C=O) groups excluding carboxylic acids is 1. The van der Waals surface area contributed by atoms with E-state index in [0.29, 0.717) is 30.4 Å². The standard InChI is InChI=1S/C15H21NO2S/c1-12(7-11-19)6-8-16-9-10-18-14-5-3-2-4-13(14)15(16)17/h2-5,12,19H,6-11H2,1H3. The van der Waals surface area contributed by atoms with Gasteiger partial charge in [0.2, 0.25) is 0 Å². The lowest BCUT2D eigenvalue weighted by molar-refractivity contribution is 0.0747. The first-order chi connectivity index (χ1) is 9.22. The van der Waals surface area contributed by atoms with Crippen molar-refractivity contribution in [2.45, 2.75) is 19.8 Å². The Balaban J connectivity index is 2.01. The van der Waals surface area contributed by atoms with Crippen LogP contribution in [0.3, 0.4) is 0 Å². The molecule has 3 nitrogen and oxygen atoms in total. The van der Waals surface area contributed by atoms with E-state index in [1.165, 1.54) is 0 Å². The van der Waals surface area contributed by atoms with Crippen molar-refractivity contribution in [2.75, 3.05) is 25.4 Å². The Morgan fingerprint density at radius 2 is 2.16 bits per heavy atom. The van der Waals surface area contributed by atoms with Gasteiger partial charge >= 0.3 is 0 Å². The van der Waals surface area contributed by atoms with Gasteiger partial charge in [0, 0.05) is 6.54 Å². The lowest BCUT2D eigenvalue weighted by Crippen LogP contribution is -2.34. The molecule has 0 spiro atoms. The third-order valence-corrected chi connectivity index (χ3v) is 3.80. The highest BCUT2D eigenvalue weighted by molar-refractivity contribution is 7.80. The fourth-order valence-electron chi connectivity index (χ4n) is 2.26. The Hall–Kier alpha value is -1.16. The molecule has 1 amide bonds. The van der Waals surface area contributed by atoms with Crippen molar-refractivity contribution in [1.29, 1.82) is 0 Å². The Morgan fingerprint density at radius 1 is 1.37 bits per heavy atom. The van der Waals surface area contributed by atoms with Crippen LogP contribution in [0.2, 0.25) is 0 Å². The van der Waals surface area contributed by atoms with E-state index in [0.717, 1.165) is 25.1 Å². The van der Waals surface area contributed by atoms with Gasteiger partial charge in [-0.15, -0.1) is 0 Å². The molecule has 104 valence electrons. The number of rotatable bonds is 5. The molecule has 1 atom stereocenters. The van der Waals surface area contributed by atoms with Crippen LogP contribution in [0.4, 0.5) is 0 Å². The van der Waals surface area contributed by atoms with Gasteiger partial charge in [-0.1, -0.05) is 19.1 Å². The van der Waals surface area contributed by atoms with Crippen LogP contribution in [0.25, 0.3) is 0 Å². The normalized spacial score (nSPS) is 16.5. The minimum Gasteiger partial charge on any atom is -0.491 e. The van der Waals surface area contributed by atoms with E-state index in [2.05, 4.69) is 19.6 Å². The molecule has 19 heavy (non-hydrogen) atoms. The van der Waals surface area contributed by atoms with E-state index in [1.807, 2.05) is 29.2 Å². The quantitative estimate of drug-likeness (QED) is 0.840. The molecule has 1 aromatic rings. The molecule has 1 aliphatic heterocycles. The molecule has 0 radical (unpaired) electrons. The molecular weight excluding hydrogens is 258 g/mol. The van der Waals surface area contributed by atoms with Crippen molar-refractivity contribution in [3.63, 3.8) is 0 Å². The van der Waals surface area contributed by atoms with E-state index in [9.17, 15) is 4.79 Å². The van der Waals surface area contributed by atoms with Crippen LogP contribution < -0.4 is 4.74 Å². The maximum atomic E-state index is 12.4. The van der Waals surface area contributed by atoms with Gasteiger partial charge in [-0.2, -0.15) is 12.6 Å². The molecule has 0 aliphatic carbocycles. The van der Waals surface area contributed by atoms with E-state index in [1.54, 1.807) is 0 Å². The van der Waals surface area contributed by atoms with Crippen molar-refractivity contribution >= 4 is 18.5 Å². The summed E-state index contributed by atoms with van der Waals surface area (Å²) >= 11 is 4.25. The number of fused-ring (bicyclic) bond motifs is 1. The molecule has 0 aromatic heterocycles. The predicted molar refractivity (Wildman–Crippen MR) is 80.1 cm³/mol. The summed E-state index contributed by atoms with van der Waals surface area (Å²) in [5.41, 5.74) is 0.682. The van der Waals surface area contributed by atoms with Crippen LogP contribution in [0, 0.1) is 5.92 Å². The average molecular weight is 279 g/mol. The van der Waals surface area contributed by atoms with Gasteiger partial charge < -0.3 is 9.64 Å². The summed E-state index contributed by atoms with van der Waals surface area (Å²) in [6.07, 6.45) is 2.12. The number of carbonyl (C=O) groups is 1. The van der Waals surface area contributed by atoms with Crippen molar-refractivity contribution in [2.24, 2.45) is 5.92 Å². The molecule has 1 aromatic carbocycles. The molecule has 0 saturated carbocycles. The second kappa shape index (κ2) is 6.85.